The lowest BCUT2D eigenvalue weighted by atomic mass is 10.0. The number of hydrogen-bond acceptors (Lipinski definition) is 5. The summed E-state index contributed by atoms with van der Waals surface area (Å²) in [5.41, 5.74) is 0. The number of nitrogens with zero attached hydrogens (tertiary/aromatic N) is 1. The minimum Gasteiger partial charge on any atom is -0.387 e. The third-order valence-corrected chi connectivity index (χ3v) is 11.2. The van der Waals surface area contributed by atoms with E-state index in [2.05, 4.69) is 19.2 Å². The number of allylic oxidation sites excluding steroid dienone is 1. The SMILES string of the molecule is CCCCCCCC/C=C/C(O)C(COP(=O)(O)OCC[N+](C)(C)C)NC(=O)CCCCCCCCCCCCCCCCCCCCCCCCC. The van der Waals surface area contributed by atoms with Gasteiger partial charge in [0.2, 0.25) is 5.91 Å². The van der Waals surface area contributed by atoms with E-state index >= 15 is 0 Å². The summed E-state index contributed by atoms with van der Waals surface area (Å²) < 4.78 is 23.5. The Balaban J connectivity index is 4.12. The molecule has 8 nitrogen and oxygen atoms in total. The zero-order valence-corrected chi connectivity index (χ0v) is 36.7. The van der Waals surface area contributed by atoms with Crippen LogP contribution >= 0.6 is 7.82 Å². The van der Waals surface area contributed by atoms with Crippen LogP contribution in [0.5, 0.6) is 0 Å². The average Bonchev–Trinajstić information content (AvgIpc) is 3.10. The van der Waals surface area contributed by atoms with E-state index in [1.54, 1.807) is 6.08 Å². The molecule has 0 saturated heterocycles. The number of carbonyl (C=O) groups excluding carboxylic acids is 1. The van der Waals surface area contributed by atoms with Gasteiger partial charge in [-0.3, -0.25) is 13.8 Å². The zero-order valence-electron chi connectivity index (χ0n) is 35.8. The normalized spacial score (nSPS) is 14.5. The molecule has 0 aromatic carbocycles. The molecule has 0 bridgehead atoms. The first-order valence-electron chi connectivity index (χ1n) is 22.6. The maximum Gasteiger partial charge on any atom is 0.472 e. The van der Waals surface area contributed by atoms with Gasteiger partial charge in [-0.25, -0.2) is 4.57 Å². The Bertz CT molecular complexity index is 880. The first kappa shape index (κ1) is 52.2. The summed E-state index contributed by atoms with van der Waals surface area (Å²) in [6.45, 7) is 4.78. The van der Waals surface area contributed by atoms with E-state index in [1.165, 1.54) is 154 Å². The fourth-order valence-electron chi connectivity index (χ4n) is 6.63. The molecule has 0 rings (SSSR count). The molecule has 0 saturated carbocycles. The number of phosphoric acid groups is 1. The molecule has 0 spiro atoms. The molecular weight excluding hydrogens is 683 g/mol. The minimum absolute atomic E-state index is 0.0640. The number of likely N-dealkylation sites (N-methyl/N-ethyl adjacent to an activating group) is 1. The number of amides is 1. The number of hydrogen-bond donors (Lipinski definition) is 3. The number of aliphatic hydroxyl groups is 1. The predicted octanol–water partition coefficient (Wildman–Crippen LogP) is 12.4. The Morgan fingerprint density at radius 2 is 1.00 bits per heavy atom. The summed E-state index contributed by atoms with van der Waals surface area (Å²) in [5.74, 6) is -0.177. The molecule has 316 valence electrons. The van der Waals surface area contributed by atoms with E-state index in [-0.39, 0.29) is 19.1 Å². The van der Waals surface area contributed by atoms with Crippen LogP contribution in [0.25, 0.3) is 0 Å². The molecule has 0 radical (unpaired) electrons. The van der Waals surface area contributed by atoms with Crippen molar-refractivity contribution in [3.63, 3.8) is 0 Å². The van der Waals surface area contributed by atoms with Gasteiger partial charge in [-0.1, -0.05) is 199 Å². The van der Waals surface area contributed by atoms with Crippen LogP contribution in [0.1, 0.15) is 213 Å². The smallest absolute Gasteiger partial charge is 0.387 e. The highest BCUT2D eigenvalue weighted by molar-refractivity contribution is 7.47. The van der Waals surface area contributed by atoms with Crippen LogP contribution in [0.2, 0.25) is 0 Å². The van der Waals surface area contributed by atoms with E-state index in [0.29, 0.717) is 17.4 Å². The minimum atomic E-state index is -4.32. The molecule has 9 heteroatoms. The highest BCUT2D eigenvalue weighted by atomic mass is 31.2. The number of quaternary nitrogens is 1. The highest BCUT2D eigenvalue weighted by Crippen LogP contribution is 2.43. The first-order chi connectivity index (χ1) is 25.5. The Labute approximate surface area is 329 Å². The molecule has 0 aromatic heterocycles. The molecule has 0 aliphatic rings. The van der Waals surface area contributed by atoms with Crippen LogP contribution in [0.15, 0.2) is 12.2 Å². The number of unbranched alkanes of at least 4 members (excludes halogenated alkanes) is 28. The molecule has 1 amide bonds. The van der Waals surface area contributed by atoms with Crippen molar-refractivity contribution in [1.82, 2.24) is 5.32 Å². The van der Waals surface area contributed by atoms with Crippen LogP contribution in [-0.2, 0) is 18.4 Å². The van der Waals surface area contributed by atoms with Crippen LogP contribution in [-0.4, -0.2) is 73.4 Å². The molecule has 0 aliphatic carbocycles. The zero-order chi connectivity index (χ0) is 39.3. The molecule has 3 unspecified atom stereocenters. The van der Waals surface area contributed by atoms with Crippen molar-refractivity contribution in [2.45, 2.75) is 225 Å². The number of rotatable bonds is 41. The number of carbonyl (C=O) groups is 1. The van der Waals surface area contributed by atoms with Gasteiger partial charge < -0.3 is 19.8 Å². The maximum absolute atomic E-state index is 12.8. The lowest BCUT2D eigenvalue weighted by molar-refractivity contribution is -0.870. The summed E-state index contributed by atoms with van der Waals surface area (Å²) in [4.78, 5) is 23.0. The molecule has 0 aliphatic heterocycles. The van der Waals surface area contributed by atoms with Crippen molar-refractivity contribution in [1.29, 1.82) is 0 Å². The highest BCUT2D eigenvalue weighted by Gasteiger charge is 2.27. The number of phosphoric ester groups is 1. The molecule has 0 fully saturated rings. The Kier molecular flexibility index (Phi) is 36.3. The fraction of sp³-hybridized carbons (Fsp3) is 0.932. The number of nitrogens with one attached hydrogen (secondary N) is 1. The van der Waals surface area contributed by atoms with Crippen molar-refractivity contribution in [3.05, 3.63) is 12.2 Å². The van der Waals surface area contributed by atoms with Gasteiger partial charge in [0.15, 0.2) is 0 Å². The number of aliphatic hydroxyl groups excluding tert-OH is 1. The van der Waals surface area contributed by atoms with Crippen LogP contribution < -0.4 is 5.32 Å². The molecule has 3 atom stereocenters. The fourth-order valence-corrected chi connectivity index (χ4v) is 7.37. The van der Waals surface area contributed by atoms with Gasteiger partial charge in [-0.15, -0.1) is 0 Å². The van der Waals surface area contributed by atoms with Crippen LogP contribution in [0, 0.1) is 0 Å². The second kappa shape index (κ2) is 36.9. The van der Waals surface area contributed by atoms with E-state index in [9.17, 15) is 19.4 Å². The van der Waals surface area contributed by atoms with E-state index < -0.39 is 20.0 Å². The molecule has 3 N–H and O–H groups in total. The molecule has 0 heterocycles. The van der Waals surface area contributed by atoms with Crippen LogP contribution in [0.3, 0.4) is 0 Å². The predicted molar refractivity (Wildman–Crippen MR) is 226 cm³/mol. The topological polar surface area (TPSA) is 105 Å². The molecular formula is C44H90N2O6P+. The summed E-state index contributed by atoms with van der Waals surface area (Å²) in [6.07, 6.45) is 41.6. The lowest BCUT2D eigenvalue weighted by Gasteiger charge is -2.25. The maximum atomic E-state index is 12.8. The van der Waals surface area contributed by atoms with Crippen LogP contribution in [0.4, 0.5) is 0 Å². The standard InChI is InChI=1S/C44H89N2O6P/c1-6-8-10-12-14-16-17-18-19-20-21-22-23-24-25-26-27-28-29-30-32-34-36-38-44(48)45-42(41-52-53(49,50)51-40-39-46(3,4)5)43(47)37-35-33-31-15-13-11-9-7-2/h35,37,42-43,47H,6-34,36,38-41H2,1-5H3,(H-,45,48,49,50)/p+1/b37-35+. The van der Waals surface area contributed by atoms with E-state index in [0.717, 1.165) is 38.5 Å². The van der Waals surface area contributed by atoms with Crippen molar-refractivity contribution in [2.24, 2.45) is 0 Å². The van der Waals surface area contributed by atoms with Crippen molar-refractivity contribution in [3.8, 4) is 0 Å². The van der Waals surface area contributed by atoms with Gasteiger partial charge >= 0.3 is 7.82 Å². The third kappa shape index (κ3) is 39.3. The second-order valence-corrected chi connectivity index (χ2v) is 18.2. The summed E-state index contributed by atoms with van der Waals surface area (Å²) in [6, 6.07) is -0.838. The van der Waals surface area contributed by atoms with Gasteiger partial charge in [0.25, 0.3) is 0 Å². The van der Waals surface area contributed by atoms with Crippen molar-refractivity contribution >= 4 is 13.7 Å². The summed E-state index contributed by atoms with van der Waals surface area (Å²) in [5, 5.41) is 13.7. The summed E-state index contributed by atoms with van der Waals surface area (Å²) >= 11 is 0. The van der Waals surface area contributed by atoms with Crippen molar-refractivity contribution in [2.75, 3.05) is 40.9 Å². The average molecular weight is 774 g/mol. The van der Waals surface area contributed by atoms with Gasteiger partial charge in [0.05, 0.1) is 39.9 Å². The Morgan fingerprint density at radius 3 is 1.40 bits per heavy atom. The summed E-state index contributed by atoms with van der Waals surface area (Å²) in [7, 11) is 1.58. The third-order valence-electron chi connectivity index (χ3n) is 10.3. The van der Waals surface area contributed by atoms with Crippen molar-refractivity contribution < 1.29 is 32.9 Å². The molecule has 53 heavy (non-hydrogen) atoms. The van der Waals surface area contributed by atoms with Gasteiger partial charge in [-0.2, -0.15) is 0 Å². The van der Waals surface area contributed by atoms with Gasteiger partial charge in [-0.05, 0) is 19.3 Å². The lowest BCUT2D eigenvalue weighted by Crippen LogP contribution is -2.45. The van der Waals surface area contributed by atoms with Gasteiger partial charge in [0.1, 0.15) is 13.2 Å². The van der Waals surface area contributed by atoms with E-state index in [1.807, 2.05) is 27.2 Å². The quantitative estimate of drug-likeness (QED) is 0.0247. The van der Waals surface area contributed by atoms with E-state index in [4.69, 9.17) is 9.05 Å². The second-order valence-electron chi connectivity index (χ2n) is 16.8. The van der Waals surface area contributed by atoms with Gasteiger partial charge in [0, 0.05) is 6.42 Å². The Morgan fingerprint density at radius 1 is 0.623 bits per heavy atom. The first-order valence-corrected chi connectivity index (χ1v) is 24.1. The largest absolute Gasteiger partial charge is 0.472 e. The Hall–Kier alpha value is -0.760. The molecule has 0 aromatic rings. The monoisotopic (exact) mass is 774 g/mol.